The summed E-state index contributed by atoms with van der Waals surface area (Å²) in [6.45, 7) is 6.83. The zero-order chi connectivity index (χ0) is 20.7. The second-order valence-electron chi connectivity index (χ2n) is 8.47. The van der Waals surface area contributed by atoms with Crippen molar-refractivity contribution in [2.24, 2.45) is 5.92 Å². The predicted molar refractivity (Wildman–Crippen MR) is 115 cm³/mol. The lowest BCUT2D eigenvalue weighted by Crippen LogP contribution is -2.47. The number of hydrogen-bond donors (Lipinski definition) is 1. The Morgan fingerprint density at radius 3 is 2.34 bits per heavy atom. The van der Waals surface area contributed by atoms with Crippen molar-refractivity contribution >= 4 is 5.97 Å². The molecule has 0 amide bonds. The molecule has 1 unspecified atom stereocenters. The predicted octanol–water partition coefficient (Wildman–Crippen LogP) is 4.27. The molecule has 2 aliphatic carbocycles. The molecule has 0 radical (unpaired) electrons. The molecule has 4 heteroatoms. The molecule has 2 fully saturated rings. The van der Waals surface area contributed by atoms with Crippen molar-refractivity contribution < 1.29 is 14.6 Å². The molecular weight excluding hydrogens is 362 g/mol. The van der Waals surface area contributed by atoms with Crippen molar-refractivity contribution in [3.63, 3.8) is 0 Å². The molecule has 0 aliphatic heterocycles. The van der Waals surface area contributed by atoms with Gasteiger partial charge in [-0.3, -0.25) is 4.90 Å². The number of carbonyl (C=O) groups excluding carboxylic acids is 1. The van der Waals surface area contributed by atoms with E-state index in [9.17, 15) is 9.90 Å². The Kier molecular flexibility index (Phi) is 7.38. The number of nitrogens with zero attached hydrogens (tertiary/aromatic N) is 1. The Balaban J connectivity index is 1.84. The highest BCUT2D eigenvalue weighted by atomic mass is 16.6. The van der Waals surface area contributed by atoms with Gasteiger partial charge in [0.05, 0.1) is 6.54 Å². The Bertz CT molecular complexity index is 719. The van der Waals surface area contributed by atoms with Gasteiger partial charge < -0.3 is 9.84 Å². The Labute approximate surface area is 175 Å². The van der Waals surface area contributed by atoms with Gasteiger partial charge in [-0.1, -0.05) is 68.9 Å². The first-order valence-electron chi connectivity index (χ1n) is 11.3. The molecule has 2 saturated carbocycles. The van der Waals surface area contributed by atoms with Crippen molar-refractivity contribution in [2.75, 3.05) is 19.6 Å². The second kappa shape index (κ2) is 9.78. The summed E-state index contributed by atoms with van der Waals surface area (Å²) >= 11 is 0. The molecule has 3 rings (SSSR count). The minimum Gasteiger partial charge on any atom is -0.443 e. The van der Waals surface area contributed by atoms with Gasteiger partial charge in [0.2, 0.25) is 0 Å². The summed E-state index contributed by atoms with van der Waals surface area (Å²) in [6, 6.07) is 9.33. The Hall–Kier alpha value is -1.83. The molecule has 1 aromatic carbocycles. The molecule has 0 aromatic heterocycles. The van der Waals surface area contributed by atoms with Crippen LogP contribution in [0.2, 0.25) is 0 Å². The minimum absolute atomic E-state index is 0.0977. The molecular formula is C25H35NO3. The van der Waals surface area contributed by atoms with Crippen molar-refractivity contribution in [3.8, 4) is 11.8 Å². The average molecular weight is 398 g/mol. The molecule has 29 heavy (non-hydrogen) atoms. The first-order valence-corrected chi connectivity index (χ1v) is 11.3. The van der Waals surface area contributed by atoms with Gasteiger partial charge in [-0.25, -0.2) is 4.79 Å². The normalized spacial score (nSPS) is 20.8. The van der Waals surface area contributed by atoms with E-state index in [2.05, 4.69) is 30.6 Å². The number of carbonyl (C=O) groups is 1. The molecule has 0 spiro atoms. The highest BCUT2D eigenvalue weighted by Crippen LogP contribution is 2.43. The van der Waals surface area contributed by atoms with Crippen LogP contribution in [-0.2, 0) is 15.1 Å². The van der Waals surface area contributed by atoms with Gasteiger partial charge >= 0.3 is 5.97 Å². The van der Waals surface area contributed by atoms with E-state index in [1.807, 2.05) is 30.3 Å². The van der Waals surface area contributed by atoms with Gasteiger partial charge in [-0.2, -0.15) is 0 Å². The highest BCUT2D eigenvalue weighted by molar-refractivity contribution is 5.82. The van der Waals surface area contributed by atoms with E-state index < -0.39 is 17.2 Å². The summed E-state index contributed by atoms with van der Waals surface area (Å²) in [5.74, 6) is 5.93. The minimum atomic E-state index is -1.59. The second-order valence-corrected chi connectivity index (χ2v) is 8.47. The van der Waals surface area contributed by atoms with E-state index in [0.29, 0.717) is 12.1 Å². The molecule has 1 aromatic rings. The first kappa shape index (κ1) is 21.9. The lowest BCUT2D eigenvalue weighted by atomic mass is 9.80. The van der Waals surface area contributed by atoms with Gasteiger partial charge in [0.1, 0.15) is 0 Å². The van der Waals surface area contributed by atoms with E-state index in [1.54, 1.807) is 0 Å². The van der Waals surface area contributed by atoms with Crippen LogP contribution in [-0.4, -0.2) is 41.2 Å². The lowest BCUT2D eigenvalue weighted by Gasteiger charge is -2.35. The van der Waals surface area contributed by atoms with Crippen LogP contribution in [0.25, 0.3) is 0 Å². The summed E-state index contributed by atoms with van der Waals surface area (Å²) < 4.78 is 6.10. The van der Waals surface area contributed by atoms with Crippen LogP contribution < -0.4 is 0 Å². The maximum absolute atomic E-state index is 13.5. The summed E-state index contributed by atoms with van der Waals surface area (Å²) in [5, 5.41) is 11.7. The standard InChI is InChI=1S/C25H35NO3/c1-3-26(4-2)20-12-19-24(17-10-11-18-24)29-23(27)25(28,22-15-8-9-16-22)21-13-6-5-7-14-21/h5-7,13-14,22,28H,3-4,8-11,15-18,20H2,1-2H3. The third kappa shape index (κ3) is 4.85. The van der Waals surface area contributed by atoms with Crippen LogP contribution in [0.1, 0.15) is 70.8 Å². The average Bonchev–Trinajstić information content (AvgIpc) is 3.44. The molecule has 158 valence electrons. The molecule has 4 nitrogen and oxygen atoms in total. The van der Waals surface area contributed by atoms with Crippen LogP contribution in [0.15, 0.2) is 30.3 Å². The summed E-state index contributed by atoms with van der Waals surface area (Å²) in [7, 11) is 0. The summed E-state index contributed by atoms with van der Waals surface area (Å²) in [4.78, 5) is 15.7. The maximum Gasteiger partial charge on any atom is 0.344 e. The van der Waals surface area contributed by atoms with Crippen LogP contribution in [0.3, 0.4) is 0 Å². The lowest BCUT2D eigenvalue weighted by molar-refractivity contribution is -0.184. The van der Waals surface area contributed by atoms with Crippen LogP contribution in [0.5, 0.6) is 0 Å². The molecule has 0 heterocycles. The molecule has 2 aliphatic rings. The topological polar surface area (TPSA) is 49.8 Å². The van der Waals surface area contributed by atoms with Crippen molar-refractivity contribution in [3.05, 3.63) is 35.9 Å². The zero-order valence-electron chi connectivity index (χ0n) is 18.0. The first-order chi connectivity index (χ1) is 14.0. The number of esters is 1. The summed E-state index contributed by atoms with van der Waals surface area (Å²) in [5.41, 5.74) is -1.71. The Morgan fingerprint density at radius 2 is 1.76 bits per heavy atom. The third-order valence-corrected chi connectivity index (χ3v) is 6.68. The van der Waals surface area contributed by atoms with Crippen LogP contribution >= 0.6 is 0 Å². The van der Waals surface area contributed by atoms with E-state index in [4.69, 9.17) is 4.74 Å². The largest absolute Gasteiger partial charge is 0.443 e. The fourth-order valence-electron chi connectivity index (χ4n) is 4.77. The number of ether oxygens (including phenoxy) is 1. The number of benzene rings is 1. The SMILES string of the molecule is CCN(CC)CC#CC1(OC(=O)C(O)(c2ccccc2)C2CCCC2)CCCC1. The van der Waals surface area contributed by atoms with E-state index in [-0.39, 0.29) is 5.92 Å². The van der Waals surface area contributed by atoms with Gasteiger partial charge in [-0.15, -0.1) is 0 Å². The quantitative estimate of drug-likeness (QED) is 0.552. The van der Waals surface area contributed by atoms with Crippen molar-refractivity contribution in [1.82, 2.24) is 4.90 Å². The number of aliphatic hydroxyl groups is 1. The third-order valence-electron chi connectivity index (χ3n) is 6.68. The Morgan fingerprint density at radius 1 is 1.14 bits per heavy atom. The highest BCUT2D eigenvalue weighted by Gasteiger charge is 2.50. The van der Waals surface area contributed by atoms with Gasteiger partial charge in [0.15, 0.2) is 11.2 Å². The van der Waals surface area contributed by atoms with Crippen molar-refractivity contribution in [1.29, 1.82) is 0 Å². The van der Waals surface area contributed by atoms with Gasteiger partial charge in [0, 0.05) is 5.92 Å². The smallest absolute Gasteiger partial charge is 0.344 e. The van der Waals surface area contributed by atoms with E-state index in [0.717, 1.165) is 64.5 Å². The van der Waals surface area contributed by atoms with Crippen molar-refractivity contribution in [2.45, 2.75) is 76.4 Å². The number of rotatable bonds is 7. The fourth-order valence-corrected chi connectivity index (χ4v) is 4.77. The number of hydrogen-bond acceptors (Lipinski definition) is 4. The van der Waals surface area contributed by atoms with E-state index in [1.165, 1.54) is 0 Å². The van der Waals surface area contributed by atoms with Crippen LogP contribution in [0, 0.1) is 17.8 Å². The fraction of sp³-hybridized carbons (Fsp3) is 0.640. The van der Waals surface area contributed by atoms with Gasteiger partial charge in [0.25, 0.3) is 0 Å². The van der Waals surface area contributed by atoms with Crippen LogP contribution in [0.4, 0.5) is 0 Å². The van der Waals surface area contributed by atoms with Gasteiger partial charge in [-0.05, 0) is 57.2 Å². The zero-order valence-corrected chi connectivity index (χ0v) is 18.0. The monoisotopic (exact) mass is 397 g/mol. The molecule has 0 bridgehead atoms. The molecule has 1 atom stereocenters. The molecule has 1 N–H and O–H groups in total. The van der Waals surface area contributed by atoms with E-state index >= 15 is 0 Å². The summed E-state index contributed by atoms with van der Waals surface area (Å²) in [6.07, 6.45) is 7.28. The molecule has 0 saturated heterocycles. The maximum atomic E-state index is 13.5.